The number of nitrogens with two attached hydrogens (primary N) is 1. The molecule has 1 saturated heterocycles. The highest BCUT2D eigenvalue weighted by atomic mass is 16.1. The third-order valence-corrected chi connectivity index (χ3v) is 3.48. The Hall–Kier alpha value is -1.78. The van der Waals surface area contributed by atoms with E-state index in [0.29, 0.717) is 6.54 Å². The molecule has 0 bridgehead atoms. The van der Waals surface area contributed by atoms with Crippen LogP contribution in [0, 0.1) is 5.41 Å². The lowest BCUT2D eigenvalue weighted by Gasteiger charge is -2.22. The molecule has 0 radical (unpaired) electrons. The minimum Gasteiger partial charge on any atom is -0.370 e. The molecule has 5 heteroatoms. The second-order valence-electron chi connectivity index (χ2n) is 5.01. The zero-order valence-corrected chi connectivity index (χ0v) is 10.9. The Morgan fingerprint density at radius 2 is 2.39 bits per heavy atom. The van der Waals surface area contributed by atoms with Gasteiger partial charge in [-0.05, 0) is 32.4 Å². The Labute approximate surface area is 107 Å². The van der Waals surface area contributed by atoms with Crippen molar-refractivity contribution in [2.24, 2.45) is 11.1 Å². The van der Waals surface area contributed by atoms with Crippen molar-refractivity contribution >= 4 is 17.5 Å². The van der Waals surface area contributed by atoms with Crippen LogP contribution < -0.4 is 16.0 Å². The Kier molecular flexibility index (Phi) is 3.41. The maximum atomic E-state index is 11.4. The summed E-state index contributed by atoms with van der Waals surface area (Å²) in [6.45, 7) is 6.26. The van der Waals surface area contributed by atoms with E-state index in [9.17, 15) is 4.79 Å². The molecule has 5 nitrogen and oxygen atoms in total. The highest BCUT2D eigenvalue weighted by molar-refractivity contribution is 5.82. The van der Waals surface area contributed by atoms with Gasteiger partial charge in [-0.1, -0.05) is 6.07 Å². The van der Waals surface area contributed by atoms with Gasteiger partial charge in [-0.3, -0.25) is 4.79 Å². The van der Waals surface area contributed by atoms with Crippen LogP contribution in [-0.2, 0) is 4.79 Å². The molecule has 3 N–H and O–H groups in total. The van der Waals surface area contributed by atoms with Crippen LogP contribution in [0.15, 0.2) is 18.2 Å². The summed E-state index contributed by atoms with van der Waals surface area (Å²) in [5, 5.41) is 3.19. The molecule has 1 atom stereocenters. The number of primary amides is 1. The van der Waals surface area contributed by atoms with Crippen molar-refractivity contribution in [3.8, 4) is 0 Å². The maximum Gasteiger partial charge on any atom is 0.225 e. The van der Waals surface area contributed by atoms with Crippen LogP contribution in [0.4, 0.5) is 11.6 Å². The van der Waals surface area contributed by atoms with Gasteiger partial charge in [0.25, 0.3) is 0 Å². The molecule has 1 aromatic rings. The van der Waals surface area contributed by atoms with E-state index in [1.165, 1.54) is 0 Å². The van der Waals surface area contributed by atoms with Crippen molar-refractivity contribution in [1.29, 1.82) is 0 Å². The largest absolute Gasteiger partial charge is 0.370 e. The fourth-order valence-electron chi connectivity index (χ4n) is 2.24. The van der Waals surface area contributed by atoms with Crippen molar-refractivity contribution in [1.82, 2.24) is 4.98 Å². The number of amides is 1. The second-order valence-corrected chi connectivity index (χ2v) is 5.01. The summed E-state index contributed by atoms with van der Waals surface area (Å²) < 4.78 is 0. The van der Waals surface area contributed by atoms with Gasteiger partial charge in [0.15, 0.2) is 0 Å². The average molecular weight is 248 g/mol. The lowest BCUT2D eigenvalue weighted by atomic mass is 9.89. The zero-order chi connectivity index (χ0) is 13.2. The van der Waals surface area contributed by atoms with Gasteiger partial charge in [0, 0.05) is 19.6 Å². The summed E-state index contributed by atoms with van der Waals surface area (Å²) in [5.74, 6) is 1.54. The molecule has 0 saturated carbocycles. The molecule has 2 rings (SSSR count). The van der Waals surface area contributed by atoms with Crippen LogP contribution in [0.25, 0.3) is 0 Å². The predicted molar refractivity (Wildman–Crippen MR) is 72.5 cm³/mol. The number of rotatable bonds is 4. The first-order chi connectivity index (χ1) is 8.55. The van der Waals surface area contributed by atoms with Gasteiger partial charge >= 0.3 is 0 Å². The second kappa shape index (κ2) is 4.84. The molecule has 1 aromatic heterocycles. The van der Waals surface area contributed by atoms with E-state index in [0.717, 1.165) is 31.1 Å². The predicted octanol–water partition coefficient (Wildman–Crippen LogP) is 1.22. The van der Waals surface area contributed by atoms with Crippen molar-refractivity contribution in [2.45, 2.75) is 20.3 Å². The number of carbonyl (C=O) groups excluding carboxylic acids is 1. The van der Waals surface area contributed by atoms with Crippen LogP contribution in [-0.4, -0.2) is 30.5 Å². The quantitative estimate of drug-likeness (QED) is 0.840. The van der Waals surface area contributed by atoms with Crippen molar-refractivity contribution < 1.29 is 4.79 Å². The Morgan fingerprint density at radius 3 is 3.00 bits per heavy atom. The van der Waals surface area contributed by atoms with Gasteiger partial charge in [0.05, 0.1) is 5.41 Å². The number of nitrogens with zero attached hydrogens (tertiary/aromatic N) is 2. The van der Waals surface area contributed by atoms with Gasteiger partial charge in [0.1, 0.15) is 11.6 Å². The number of anilines is 2. The smallest absolute Gasteiger partial charge is 0.225 e. The summed E-state index contributed by atoms with van der Waals surface area (Å²) in [6.07, 6.45) is 0.787. The molecule has 1 aliphatic heterocycles. The minimum atomic E-state index is -0.435. The van der Waals surface area contributed by atoms with Crippen LogP contribution >= 0.6 is 0 Å². The molecule has 2 heterocycles. The fraction of sp³-hybridized carbons (Fsp3) is 0.538. The first kappa shape index (κ1) is 12.7. The monoisotopic (exact) mass is 248 g/mol. The summed E-state index contributed by atoms with van der Waals surface area (Å²) in [4.78, 5) is 18.1. The summed E-state index contributed by atoms with van der Waals surface area (Å²) in [5.41, 5.74) is 5.02. The van der Waals surface area contributed by atoms with Gasteiger partial charge in [-0.25, -0.2) is 4.98 Å². The van der Waals surface area contributed by atoms with Gasteiger partial charge in [-0.2, -0.15) is 0 Å². The van der Waals surface area contributed by atoms with E-state index in [-0.39, 0.29) is 5.91 Å². The van der Waals surface area contributed by atoms with Gasteiger partial charge in [0.2, 0.25) is 5.91 Å². The molecule has 0 spiro atoms. The minimum absolute atomic E-state index is 0.229. The zero-order valence-electron chi connectivity index (χ0n) is 10.9. The number of hydrogen-bond donors (Lipinski definition) is 2. The van der Waals surface area contributed by atoms with E-state index >= 15 is 0 Å². The maximum absolute atomic E-state index is 11.4. The molecule has 18 heavy (non-hydrogen) atoms. The van der Waals surface area contributed by atoms with Crippen LogP contribution in [0.1, 0.15) is 20.3 Å². The standard InChI is InChI=1S/C13H20N4O/c1-3-15-10-5-4-6-11(16-10)17-8-7-13(2,9-17)12(14)18/h4-6H,3,7-9H2,1-2H3,(H2,14,18)(H,15,16). The van der Waals surface area contributed by atoms with Crippen LogP contribution in [0.5, 0.6) is 0 Å². The molecule has 1 unspecified atom stereocenters. The number of aromatic nitrogens is 1. The fourth-order valence-corrected chi connectivity index (χ4v) is 2.24. The third-order valence-electron chi connectivity index (χ3n) is 3.48. The lowest BCUT2D eigenvalue weighted by Crippen LogP contribution is -2.37. The van der Waals surface area contributed by atoms with Crippen LogP contribution in [0.3, 0.4) is 0 Å². The molecule has 0 aromatic carbocycles. The summed E-state index contributed by atoms with van der Waals surface area (Å²) >= 11 is 0. The number of carbonyl (C=O) groups is 1. The topological polar surface area (TPSA) is 71.2 Å². The Bertz CT molecular complexity index is 448. The Morgan fingerprint density at radius 1 is 1.61 bits per heavy atom. The molecular weight excluding hydrogens is 228 g/mol. The molecule has 0 aliphatic carbocycles. The van der Waals surface area contributed by atoms with E-state index in [1.807, 2.05) is 32.0 Å². The molecular formula is C13H20N4O. The third kappa shape index (κ3) is 2.39. The van der Waals surface area contributed by atoms with E-state index in [2.05, 4.69) is 15.2 Å². The van der Waals surface area contributed by atoms with Gasteiger partial charge < -0.3 is 16.0 Å². The Balaban J connectivity index is 2.14. The lowest BCUT2D eigenvalue weighted by molar-refractivity contribution is -0.125. The van der Waals surface area contributed by atoms with Crippen molar-refractivity contribution in [3.63, 3.8) is 0 Å². The summed E-state index contributed by atoms with van der Waals surface area (Å²) in [6, 6.07) is 5.88. The molecule has 98 valence electrons. The summed E-state index contributed by atoms with van der Waals surface area (Å²) in [7, 11) is 0. The van der Waals surface area contributed by atoms with Crippen LogP contribution in [0.2, 0.25) is 0 Å². The van der Waals surface area contributed by atoms with E-state index in [1.54, 1.807) is 0 Å². The first-order valence-electron chi connectivity index (χ1n) is 6.31. The number of nitrogens with one attached hydrogen (secondary N) is 1. The molecule has 1 aliphatic rings. The van der Waals surface area contributed by atoms with Gasteiger partial charge in [-0.15, -0.1) is 0 Å². The average Bonchev–Trinajstić information content (AvgIpc) is 2.74. The number of pyridine rings is 1. The molecule has 1 amide bonds. The highest BCUT2D eigenvalue weighted by Gasteiger charge is 2.39. The van der Waals surface area contributed by atoms with Crippen molar-refractivity contribution in [2.75, 3.05) is 29.9 Å². The van der Waals surface area contributed by atoms with Crippen molar-refractivity contribution in [3.05, 3.63) is 18.2 Å². The van der Waals surface area contributed by atoms with E-state index < -0.39 is 5.41 Å². The SMILES string of the molecule is CCNc1cccc(N2CCC(C)(C(N)=O)C2)n1. The number of hydrogen-bond acceptors (Lipinski definition) is 4. The van der Waals surface area contributed by atoms with E-state index in [4.69, 9.17) is 5.73 Å². The first-order valence-corrected chi connectivity index (χ1v) is 6.31. The normalized spacial score (nSPS) is 23.1. The highest BCUT2D eigenvalue weighted by Crippen LogP contribution is 2.32. The molecule has 1 fully saturated rings.